The van der Waals surface area contributed by atoms with Gasteiger partial charge in [-0.2, -0.15) is 0 Å². The van der Waals surface area contributed by atoms with E-state index in [4.69, 9.17) is 42.6 Å². The van der Waals surface area contributed by atoms with Crippen molar-refractivity contribution in [3.05, 3.63) is 0 Å². The highest BCUT2D eigenvalue weighted by Gasteiger charge is 2.47. The molecule has 0 bridgehead atoms. The van der Waals surface area contributed by atoms with E-state index in [-0.39, 0.29) is 98.7 Å². The Bertz CT molecular complexity index is 2810. The van der Waals surface area contributed by atoms with Crippen LogP contribution in [0.15, 0.2) is 0 Å². The Morgan fingerprint density at radius 3 is 0.873 bits per heavy atom. The summed E-state index contributed by atoms with van der Waals surface area (Å²) in [6.45, 7) is 35.8. The van der Waals surface area contributed by atoms with Gasteiger partial charge in [0.15, 0.2) is 11.6 Å². The molecule has 2 rings (SSSR count). The van der Waals surface area contributed by atoms with E-state index in [1.54, 1.807) is 27.7 Å². The van der Waals surface area contributed by atoms with Gasteiger partial charge in [-0.05, 0) is 163 Å². The molecule has 3 N–H and O–H groups in total. The van der Waals surface area contributed by atoms with Crippen molar-refractivity contribution in [1.29, 1.82) is 0 Å². The molecule has 0 spiro atoms. The molecule has 2 aliphatic rings. The number of esters is 5. The van der Waals surface area contributed by atoms with Gasteiger partial charge in [-0.1, -0.05) is 365 Å². The molecule has 1 unspecified atom stereocenters. The second-order valence-electron chi connectivity index (χ2n) is 42.0. The lowest BCUT2D eigenvalue weighted by Gasteiger charge is -2.44. The Labute approximate surface area is 821 Å². The summed E-state index contributed by atoms with van der Waals surface area (Å²) in [7, 11) is 0. The number of ether oxygens (including phenoxy) is 9. The molecule has 0 aromatic heterocycles. The van der Waals surface area contributed by atoms with Crippen molar-refractivity contribution < 1.29 is 86.1 Å². The van der Waals surface area contributed by atoms with Crippen LogP contribution in [0.4, 0.5) is 0 Å². The van der Waals surface area contributed by atoms with E-state index in [9.17, 15) is 43.5 Å². The van der Waals surface area contributed by atoms with Gasteiger partial charge in [0.2, 0.25) is 11.8 Å². The zero-order chi connectivity index (χ0) is 98.7. The van der Waals surface area contributed by atoms with Gasteiger partial charge in [-0.3, -0.25) is 48.2 Å². The summed E-state index contributed by atoms with van der Waals surface area (Å²) in [5.74, 6) is -3.74. The number of rotatable bonds is 92. The lowest BCUT2D eigenvalue weighted by Crippen LogP contribution is -2.56. The molecule has 0 aliphatic carbocycles. The maximum atomic E-state index is 13.0. The number of carbonyl (C=O) groups is 8. The largest absolute Gasteiger partial charge is 0.481 e. The summed E-state index contributed by atoms with van der Waals surface area (Å²) in [4.78, 5) is 106. The van der Waals surface area contributed by atoms with Gasteiger partial charge in [0.1, 0.15) is 31.5 Å². The third-order valence-corrected chi connectivity index (χ3v) is 27.0. The van der Waals surface area contributed by atoms with E-state index in [0.717, 1.165) is 206 Å². The molecule has 2 fully saturated rings. The average Bonchev–Trinajstić information content (AvgIpc) is 0.797. The Morgan fingerprint density at radius 2 is 0.552 bits per heavy atom. The maximum Gasteiger partial charge on any atom is 0.307 e. The van der Waals surface area contributed by atoms with Crippen LogP contribution in [0.1, 0.15) is 527 Å². The van der Waals surface area contributed by atoms with Crippen LogP contribution in [0.2, 0.25) is 0 Å². The van der Waals surface area contributed by atoms with Gasteiger partial charge in [-0.25, -0.2) is 0 Å². The number of carboxylic acids is 1. The SMILES string of the molecule is CCCCCCCCCCCOC(=O)CCCCCN(CCCCCCCC(=O)OC(CCCCCCCC)CCCCCCCC)CCOC(=O)CCNC(=O)[C@@H]1OC(C)(C)OCC1(C)C.CCCCCCCCCCCOC(=O)CCCCCN(CCCCCC[C@@H](C(=O)O)C(CCCCCCCC)CCCCCCCC)CCOC(=O)CCNC(=O)C1OC(C)(C)OCC1(C)C. The van der Waals surface area contributed by atoms with Crippen LogP contribution < -0.4 is 10.6 Å². The fraction of sp³-hybridized carbons (Fsp3) is 0.929. The van der Waals surface area contributed by atoms with E-state index < -0.39 is 40.6 Å². The predicted molar refractivity (Wildman–Crippen MR) is 548 cm³/mol. The second kappa shape index (κ2) is 85.3. The molecule has 0 aromatic carbocycles. The standard InChI is InChI=1S/2C56H106N2O9/c1-8-11-14-17-20-21-22-28-36-46-63-50(59)39-33-29-35-44-58(45-47-64-51(60)41-42-57-54(62)53-55(4,5)48-65-56(6,7)67-53)43-34-27-23-26-32-40-52(61)66-49(37-30-24-18-15-12-9-2)38-31-25-19-16-13-10-3;1-8-11-14-17-20-21-22-27-35-45-64-50(59)39-32-28-34-43-58(44-46-65-51(60)40-41-57-53(61)52-55(4,5)47-66-56(6,7)67-52)42-33-26-25-31-38-49(54(62)63)48(36-29-23-18-15-12-9-2)37-30-24-19-16-13-10-3/h49,53H,8-48H2,1-7H3,(H,57,62);48-49,52H,8-47H2,1-7H3,(H,57,61)(H,62,63)/t53-;49-,52?/m01/s1. The lowest BCUT2D eigenvalue weighted by atomic mass is 9.80. The molecule has 0 aromatic rings. The average molecular weight is 1900 g/mol. The molecule has 2 amide bonds. The quantitative estimate of drug-likeness (QED) is 0.0290. The summed E-state index contributed by atoms with van der Waals surface area (Å²) >= 11 is 0. The topological polar surface area (TPSA) is 270 Å². The first-order valence-electron chi connectivity index (χ1n) is 56.3. The number of carboxylic acid groups (broad SMARTS) is 1. The number of unbranched alkanes of at least 4 members (excludes halogenated alkanes) is 47. The molecule has 22 heteroatoms. The van der Waals surface area contributed by atoms with Crippen molar-refractivity contribution >= 4 is 47.6 Å². The number of hydrogen-bond acceptors (Lipinski definition) is 19. The number of carbonyl (C=O) groups excluding carboxylic acids is 7. The third-order valence-electron chi connectivity index (χ3n) is 27.0. The highest BCUT2D eigenvalue weighted by Crippen LogP contribution is 2.37. The fourth-order valence-corrected chi connectivity index (χ4v) is 18.2. The smallest absolute Gasteiger partial charge is 0.307 e. The fourth-order valence-electron chi connectivity index (χ4n) is 18.2. The summed E-state index contributed by atoms with van der Waals surface area (Å²) < 4.78 is 51.7. The minimum Gasteiger partial charge on any atom is -0.481 e. The normalized spacial score (nSPS) is 15.8. The third kappa shape index (κ3) is 73.6. The van der Waals surface area contributed by atoms with Crippen molar-refractivity contribution in [3.8, 4) is 0 Å². The molecule has 2 heterocycles. The predicted octanol–water partition coefficient (Wildman–Crippen LogP) is 27.8. The molecule has 2 saturated heterocycles. The minimum atomic E-state index is -0.854. The monoisotopic (exact) mass is 1900 g/mol. The van der Waals surface area contributed by atoms with Crippen LogP contribution in [0, 0.1) is 22.7 Å². The number of hydrogen-bond donors (Lipinski definition) is 3. The van der Waals surface area contributed by atoms with Crippen molar-refractivity contribution in [1.82, 2.24) is 20.4 Å². The van der Waals surface area contributed by atoms with Gasteiger partial charge < -0.3 is 58.4 Å². The van der Waals surface area contributed by atoms with Gasteiger partial charge in [0.05, 0.1) is 45.2 Å². The Hall–Kier alpha value is -4.48. The van der Waals surface area contributed by atoms with Crippen LogP contribution in [-0.4, -0.2) is 184 Å². The molecule has 0 radical (unpaired) electrons. The van der Waals surface area contributed by atoms with Crippen molar-refractivity contribution in [2.45, 2.75) is 557 Å². The van der Waals surface area contributed by atoms with Crippen molar-refractivity contribution in [2.24, 2.45) is 22.7 Å². The van der Waals surface area contributed by atoms with Crippen LogP contribution in [-0.2, 0) is 81.0 Å². The molecule has 2 aliphatic heterocycles. The van der Waals surface area contributed by atoms with Gasteiger partial charge in [0, 0.05) is 56.3 Å². The molecule has 134 heavy (non-hydrogen) atoms. The summed E-state index contributed by atoms with van der Waals surface area (Å²) in [5, 5.41) is 16.1. The van der Waals surface area contributed by atoms with Crippen molar-refractivity contribution in [3.63, 3.8) is 0 Å². The lowest BCUT2D eigenvalue weighted by molar-refractivity contribution is -0.304. The highest BCUT2D eigenvalue weighted by molar-refractivity contribution is 5.83. The van der Waals surface area contributed by atoms with E-state index in [0.29, 0.717) is 58.8 Å². The van der Waals surface area contributed by atoms with Crippen LogP contribution >= 0.6 is 0 Å². The number of nitrogens with zero attached hydrogens (tertiary/aromatic N) is 2. The summed E-state index contributed by atoms with van der Waals surface area (Å²) in [6.07, 6.45) is 71.6. The first kappa shape index (κ1) is 128. The molecular formula is C112H212N4O18. The minimum absolute atomic E-state index is 0.0292. The summed E-state index contributed by atoms with van der Waals surface area (Å²) in [5.41, 5.74) is -0.987. The van der Waals surface area contributed by atoms with Crippen LogP contribution in [0.25, 0.3) is 0 Å². The number of aliphatic carboxylic acids is 1. The Morgan fingerprint density at radius 1 is 0.299 bits per heavy atom. The zero-order valence-corrected chi connectivity index (χ0v) is 89.4. The molecular weight excluding hydrogens is 1690 g/mol. The van der Waals surface area contributed by atoms with E-state index in [2.05, 4.69) is 62.0 Å². The van der Waals surface area contributed by atoms with Gasteiger partial charge >= 0.3 is 35.8 Å². The van der Waals surface area contributed by atoms with E-state index >= 15 is 0 Å². The van der Waals surface area contributed by atoms with Crippen LogP contribution in [0.3, 0.4) is 0 Å². The van der Waals surface area contributed by atoms with Gasteiger partial charge in [-0.15, -0.1) is 0 Å². The first-order valence-corrected chi connectivity index (χ1v) is 56.3. The molecule has 3 atom stereocenters. The summed E-state index contributed by atoms with van der Waals surface area (Å²) in [6, 6.07) is 0. The zero-order valence-electron chi connectivity index (χ0n) is 89.4. The molecule has 788 valence electrons. The Balaban J connectivity index is 0.00000134. The van der Waals surface area contributed by atoms with E-state index in [1.807, 2.05) is 27.7 Å². The molecule has 22 nitrogen and oxygen atoms in total. The second-order valence-corrected chi connectivity index (χ2v) is 42.0. The van der Waals surface area contributed by atoms with Gasteiger partial charge in [0.25, 0.3) is 0 Å². The highest BCUT2D eigenvalue weighted by atomic mass is 16.7. The van der Waals surface area contributed by atoms with Crippen molar-refractivity contribution in [2.75, 3.05) is 92.0 Å². The molecule has 0 saturated carbocycles. The van der Waals surface area contributed by atoms with E-state index in [1.165, 1.54) is 218 Å². The maximum absolute atomic E-state index is 13.0. The number of amides is 2. The Kier molecular flexibility index (Phi) is 81.2. The van der Waals surface area contributed by atoms with Crippen LogP contribution in [0.5, 0.6) is 0 Å². The number of nitrogens with one attached hydrogen (secondary N) is 2. The first-order chi connectivity index (χ1) is 64.6.